The Morgan fingerprint density at radius 2 is 1.76 bits per heavy atom. The maximum atomic E-state index is 12.8. The van der Waals surface area contributed by atoms with Crippen LogP contribution in [0.2, 0.25) is 0 Å². The van der Waals surface area contributed by atoms with Crippen molar-refractivity contribution in [2.45, 2.75) is 64.7 Å². The number of allylic oxidation sites excluding steroid dienone is 1. The Kier molecular flexibility index (Phi) is 4.49. The molecular formula is C23H28O2. The molecule has 132 valence electrons. The predicted octanol–water partition coefficient (Wildman–Crippen LogP) is 6.09. The summed E-state index contributed by atoms with van der Waals surface area (Å²) in [6.07, 6.45) is 8.18. The van der Waals surface area contributed by atoms with Crippen LogP contribution in [0.3, 0.4) is 0 Å². The first kappa shape index (κ1) is 17.7. The number of ketones is 1. The summed E-state index contributed by atoms with van der Waals surface area (Å²) in [5, 5.41) is 0. The van der Waals surface area contributed by atoms with Gasteiger partial charge in [-0.2, -0.15) is 0 Å². The molecule has 2 aromatic rings. The number of fused-ring (bicyclic) bond motifs is 1. The molecular weight excluding hydrogens is 308 g/mol. The third kappa shape index (κ3) is 3.35. The quantitative estimate of drug-likeness (QED) is 0.500. The normalized spacial score (nSPS) is 18.3. The summed E-state index contributed by atoms with van der Waals surface area (Å²) in [4.78, 5) is 12.8. The molecule has 0 aliphatic heterocycles. The highest BCUT2D eigenvalue weighted by molar-refractivity contribution is 6.08. The standard InChI is InChI=1S/C23H28O2/c1-6-16-14-19-20(23(4,5)12-11-22(19,2)3)15-18(16)21(24)10-9-17-8-7-13-25-17/h7-10,13-15H,6,11-12H2,1-5H3. The van der Waals surface area contributed by atoms with Crippen LogP contribution in [0.15, 0.2) is 41.0 Å². The maximum Gasteiger partial charge on any atom is 0.186 e. The van der Waals surface area contributed by atoms with E-state index in [9.17, 15) is 4.79 Å². The van der Waals surface area contributed by atoms with Crippen LogP contribution in [-0.2, 0) is 17.3 Å². The highest BCUT2D eigenvalue weighted by Crippen LogP contribution is 2.46. The number of benzene rings is 1. The van der Waals surface area contributed by atoms with Crippen molar-refractivity contribution in [1.29, 1.82) is 0 Å². The second-order valence-electron chi connectivity index (χ2n) is 8.39. The van der Waals surface area contributed by atoms with E-state index in [4.69, 9.17) is 4.42 Å². The largest absolute Gasteiger partial charge is 0.465 e. The van der Waals surface area contributed by atoms with Crippen LogP contribution >= 0.6 is 0 Å². The first-order chi connectivity index (χ1) is 11.7. The molecule has 0 saturated carbocycles. The number of carbonyl (C=O) groups excluding carboxylic acids is 1. The third-order valence-corrected chi connectivity index (χ3v) is 5.67. The highest BCUT2D eigenvalue weighted by Gasteiger charge is 2.37. The Morgan fingerprint density at radius 3 is 2.32 bits per heavy atom. The number of rotatable bonds is 4. The zero-order chi connectivity index (χ0) is 18.2. The van der Waals surface area contributed by atoms with Gasteiger partial charge in [0.2, 0.25) is 0 Å². The van der Waals surface area contributed by atoms with Gasteiger partial charge in [0.15, 0.2) is 5.78 Å². The first-order valence-electron chi connectivity index (χ1n) is 9.18. The molecule has 0 atom stereocenters. The van der Waals surface area contributed by atoms with E-state index in [1.54, 1.807) is 18.4 Å². The van der Waals surface area contributed by atoms with Crippen molar-refractivity contribution in [1.82, 2.24) is 0 Å². The van der Waals surface area contributed by atoms with E-state index in [0.29, 0.717) is 5.76 Å². The van der Waals surface area contributed by atoms with E-state index in [2.05, 4.69) is 46.8 Å². The van der Waals surface area contributed by atoms with Crippen LogP contribution in [0.25, 0.3) is 6.08 Å². The summed E-state index contributed by atoms with van der Waals surface area (Å²) in [7, 11) is 0. The Hall–Kier alpha value is -2.09. The van der Waals surface area contributed by atoms with Crippen molar-refractivity contribution >= 4 is 11.9 Å². The van der Waals surface area contributed by atoms with Crippen molar-refractivity contribution in [3.63, 3.8) is 0 Å². The molecule has 0 amide bonds. The molecule has 0 spiro atoms. The number of hydrogen-bond acceptors (Lipinski definition) is 2. The fraction of sp³-hybridized carbons (Fsp3) is 0.435. The van der Waals surface area contributed by atoms with Gasteiger partial charge in [0.1, 0.15) is 5.76 Å². The van der Waals surface area contributed by atoms with E-state index in [1.807, 2.05) is 12.1 Å². The lowest BCUT2D eigenvalue weighted by atomic mass is 9.62. The van der Waals surface area contributed by atoms with Crippen molar-refractivity contribution in [3.8, 4) is 0 Å². The summed E-state index contributed by atoms with van der Waals surface area (Å²) in [5.41, 5.74) is 4.98. The van der Waals surface area contributed by atoms with E-state index in [0.717, 1.165) is 24.0 Å². The molecule has 3 rings (SSSR count). The van der Waals surface area contributed by atoms with Crippen LogP contribution in [0.4, 0.5) is 0 Å². The van der Waals surface area contributed by atoms with Gasteiger partial charge >= 0.3 is 0 Å². The van der Waals surface area contributed by atoms with Crippen molar-refractivity contribution in [2.75, 3.05) is 0 Å². The molecule has 1 heterocycles. The van der Waals surface area contributed by atoms with Gasteiger partial charge < -0.3 is 4.42 Å². The maximum absolute atomic E-state index is 12.8. The summed E-state index contributed by atoms with van der Waals surface area (Å²) < 4.78 is 5.29. The minimum atomic E-state index is 0.0511. The smallest absolute Gasteiger partial charge is 0.186 e. The minimum absolute atomic E-state index is 0.0511. The van der Waals surface area contributed by atoms with Gasteiger partial charge in [0.25, 0.3) is 0 Å². The zero-order valence-corrected chi connectivity index (χ0v) is 16.0. The molecule has 1 aliphatic rings. The van der Waals surface area contributed by atoms with Gasteiger partial charge in [-0.1, -0.05) is 40.7 Å². The molecule has 1 aliphatic carbocycles. The Labute approximate surface area is 150 Å². The van der Waals surface area contributed by atoms with Crippen molar-refractivity contribution in [3.05, 3.63) is 64.6 Å². The molecule has 0 fully saturated rings. The van der Waals surface area contributed by atoms with E-state index in [-0.39, 0.29) is 16.6 Å². The third-order valence-electron chi connectivity index (χ3n) is 5.67. The van der Waals surface area contributed by atoms with Gasteiger partial charge in [0.05, 0.1) is 6.26 Å². The predicted molar refractivity (Wildman–Crippen MR) is 103 cm³/mol. The van der Waals surface area contributed by atoms with Gasteiger partial charge in [-0.15, -0.1) is 0 Å². The molecule has 25 heavy (non-hydrogen) atoms. The second kappa shape index (κ2) is 6.33. The average molecular weight is 336 g/mol. The fourth-order valence-electron chi connectivity index (χ4n) is 3.81. The Bertz CT molecular complexity index is 805. The van der Waals surface area contributed by atoms with Gasteiger partial charge in [-0.25, -0.2) is 0 Å². The average Bonchev–Trinajstić information content (AvgIpc) is 3.09. The molecule has 2 nitrogen and oxygen atoms in total. The summed E-state index contributed by atoms with van der Waals surface area (Å²) in [6.45, 7) is 11.3. The Morgan fingerprint density at radius 1 is 1.12 bits per heavy atom. The Balaban J connectivity index is 2.07. The van der Waals surface area contributed by atoms with Crippen LogP contribution in [0, 0.1) is 0 Å². The van der Waals surface area contributed by atoms with Crippen molar-refractivity contribution in [2.24, 2.45) is 0 Å². The molecule has 0 saturated heterocycles. The van der Waals surface area contributed by atoms with E-state index >= 15 is 0 Å². The monoisotopic (exact) mass is 336 g/mol. The molecule has 1 aromatic heterocycles. The SMILES string of the molecule is CCc1cc2c(cc1C(=O)C=Cc1ccco1)C(C)(C)CCC2(C)C. The minimum Gasteiger partial charge on any atom is -0.465 e. The lowest BCUT2D eigenvalue weighted by molar-refractivity contribution is 0.104. The first-order valence-corrected chi connectivity index (χ1v) is 9.18. The fourth-order valence-corrected chi connectivity index (χ4v) is 3.81. The number of hydrogen-bond donors (Lipinski definition) is 0. The van der Waals surface area contributed by atoms with E-state index < -0.39 is 0 Å². The molecule has 2 heteroatoms. The van der Waals surface area contributed by atoms with Gasteiger partial charge in [-0.3, -0.25) is 4.79 Å². The lowest BCUT2D eigenvalue weighted by Crippen LogP contribution is -2.34. The number of carbonyl (C=O) groups is 1. The van der Waals surface area contributed by atoms with Crippen molar-refractivity contribution < 1.29 is 9.21 Å². The number of furan rings is 1. The highest BCUT2D eigenvalue weighted by atomic mass is 16.3. The lowest BCUT2D eigenvalue weighted by Gasteiger charge is -2.42. The molecule has 1 aromatic carbocycles. The topological polar surface area (TPSA) is 30.2 Å². The van der Waals surface area contributed by atoms with Crippen LogP contribution in [0.5, 0.6) is 0 Å². The van der Waals surface area contributed by atoms with Gasteiger partial charge in [0, 0.05) is 5.56 Å². The van der Waals surface area contributed by atoms with Gasteiger partial charge in [-0.05, 0) is 77.1 Å². The van der Waals surface area contributed by atoms with Crippen LogP contribution < -0.4 is 0 Å². The van der Waals surface area contributed by atoms with Crippen LogP contribution in [-0.4, -0.2) is 5.78 Å². The summed E-state index contributed by atoms with van der Waals surface area (Å²) in [5.74, 6) is 0.751. The second-order valence-corrected chi connectivity index (χ2v) is 8.39. The molecule has 0 N–H and O–H groups in total. The molecule has 0 bridgehead atoms. The van der Waals surface area contributed by atoms with Crippen LogP contribution in [0.1, 0.15) is 80.3 Å². The molecule has 0 radical (unpaired) electrons. The summed E-state index contributed by atoms with van der Waals surface area (Å²) >= 11 is 0. The number of aryl methyl sites for hydroxylation is 1. The molecule has 0 unspecified atom stereocenters. The summed E-state index contributed by atoms with van der Waals surface area (Å²) in [6, 6.07) is 8.11. The zero-order valence-electron chi connectivity index (χ0n) is 16.0. The van der Waals surface area contributed by atoms with E-state index in [1.165, 1.54) is 17.5 Å².